The molecule has 0 aliphatic carbocycles. The molecule has 14 nitrogen and oxygen atoms in total. The zero-order valence-corrected chi connectivity index (χ0v) is 37.7. The first-order valence-electron chi connectivity index (χ1n) is 21.7. The van der Waals surface area contributed by atoms with E-state index in [2.05, 4.69) is 35.1 Å². The standard InChI is InChI=1S/C45H76N6O8/c1-30(2)26-34(48-42(56)59-43(5,6)7)23-22-33(27-32-18-13-12-14-19-32)40(54)50-25-17-21-37(50)39(53)49-36(38(52)47-31(3)4)20-15-16-24-46-41(55)58-35-28-44(8,9)51(57)45(10,11)29-35/h12-14,18-19,22-23,30-31,33-37,40,54,57H,15-17,20-21,24-29H2,1-11H3,(H,46,55)(H,47,52)(H,48,56)(H,49,53)/b23-22+/t33-,34-,36+,37+,40?/m1/s1. The van der Waals surface area contributed by atoms with Crippen LogP contribution < -0.4 is 21.3 Å². The van der Waals surface area contributed by atoms with Gasteiger partial charge in [-0.1, -0.05) is 56.3 Å². The summed E-state index contributed by atoms with van der Waals surface area (Å²) in [4.78, 5) is 54.7. The molecule has 0 aromatic heterocycles. The molecular weight excluding hydrogens is 753 g/mol. The maximum atomic E-state index is 14.0. The summed E-state index contributed by atoms with van der Waals surface area (Å²) in [5.41, 5.74) is -0.715. The van der Waals surface area contributed by atoms with Crippen molar-refractivity contribution in [3.05, 3.63) is 48.0 Å². The van der Waals surface area contributed by atoms with Crippen LogP contribution in [0.5, 0.6) is 0 Å². The predicted octanol–water partition coefficient (Wildman–Crippen LogP) is 6.44. The van der Waals surface area contributed by atoms with Crippen molar-refractivity contribution >= 4 is 24.0 Å². The van der Waals surface area contributed by atoms with E-state index in [1.807, 2.05) is 110 Å². The molecule has 1 aromatic rings. The molecule has 2 aliphatic rings. The van der Waals surface area contributed by atoms with Gasteiger partial charge in [-0.3, -0.25) is 14.5 Å². The molecule has 0 bridgehead atoms. The second-order valence-corrected chi connectivity index (χ2v) is 19.4. The van der Waals surface area contributed by atoms with Gasteiger partial charge in [0, 0.05) is 49.0 Å². The molecule has 334 valence electrons. The third kappa shape index (κ3) is 16.7. The van der Waals surface area contributed by atoms with Gasteiger partial charge in [0.05, 0.1) is 12.1 Å². The van der Waals surface area contributed by atoms with Crippen LogP contribution in [0.15, 0.2) is 42.5 Å². The van der Waals surface area contributed by atoms with Gasteiger partial charge in [0.25, 0.3) is 0 Å². The van der Waals surface area contributed by atoms with Crippen LogP contribution in [0.3, 0.4) is 0 Å². The van der Waals surface area contributed by atoms with E-state index in [0.29, 0.717) is 70.9 Å². The monoisotopic (exact) mass is 829 g/mol. The summed E-state index contributed by atoms with van der Waals surface area (Å²) in [6.07, 6.45) is 6.33. The van der Waals surface area contributed by atoms with Crippen molar-refractivity contribution in [3.8, 4) is 0 Å². The fourth-order valence-electron chi connectivity index (χ4n) is 8.26. The molecule has 0 spiro atoms. The number of hydrogen-bond donors (Lipinski definition) is 6. The van der Waals surface area contributed by atoms with Gasteiger partial charge in [-0.15, -0.1) is 0 Å². The number of aliphatic hydroxyl groups is 1. The molecule has 6 N–H and O–H groups in total. The second kappa shape index (κ2) is 22.2. The van der Waals surface area contributed by atoms with Crippen molar-refractivity contribution < 1.29 is 39.0 Å². The van der Waals surface area contributed by atoms with Gasteiger partial charge in [-0.25, -0.2) is 9.59 Å². The number of nitrogens with zero attached hydrogens (tertiary/aromatic N) is 2. The Balaban J connectivity index is 1.67. The number of aliphatic hydroxyl groups excluding tert-OH is 1. The topological polar surface area (TPSA) is 182 Å². The fraction of sp³-hybridized carbons (Fsp3) is 0.733. The molecule has 0 saturated carbocycles. The van der Waals surface area contributed by atoms with Gasteiger partial charge in [0.15, 0.2) is 0 Å². The number of nitrogens with one attached hydrogen (secondary N) is 4. The highest BCUT2D eigenvalue weighted by Gasteiger charge is 2.46. The van der Waals surface area contributed by atoms with Crippen LogP contribution in [-0.4, -0.2) is 111 Å². The van der Waals surface area contributed by atoms with Crippen LogP contribution in [0.2, 0.25) is 0 Å². The van der Waals surface area contributed by atoms with Crippen LogP contribution in [0.1, 0.15) is 133 Å². The third-order valence-corrected chi connectivity index (χ3v) is 10.8. The van der Waals surface area contributed by atoms with E-state index >= 15 is 0 Å². The van der Waals surface area contributed by atoms with Crippen molar-refractivity contribution in [2.24, 2.45) is 11.8 Å². The highest BCUT2D eigenvalue weighted by atomic mass is 16.6. The van der Waals surface area contributed by atoms with Crippen LogP contribution in [0.25, 0.3) is 0 Å². The second-order valence-electron chi connectivity index (χ2n) is 19.4. The first-order chi connectivity index (χ1) is 27.5. The molecule has 5 atom stereocenters. The van der Waals surface area contributed by atoms with Crippen molar-refractivity contribution in [2.75, 3.05) is 13.1 Å². The van der Waals surface area contributed by atoms with Crippen molar-refractivity contribution in [3.63, 3.8) is 0 Å². The molecule has 14 heteroatoms. The SMILES string of the molecule is CC(C)C[C@@H](/C=C/[C@H](Cc1ccccc1)C(O)N1CCC[C@H]1C(=O)N[C@@H](CCCCNC(=O)OC1CC(C)(C)N(O)C(C)(C)C1)C(=O)NC(C)C)NC(=O)OC(C)(C)C. The van der Waals surface area contributed by atoms with E-state index in [1.165, 1.54) is 5.06 Å². The minimum absolute atomic E-state index is 0.134. The van der Waals surface area contributed by atoms with Gasteiger partial charge < -0.3 is 41.1 Å². The van der Waals surface area contributed by atoms with E-state index in [-0.39, 0.29) is 35.9 Å². The Bertz CT molecular complexity index is 1510. The summed E-state index contributed by atoms with van der Waals surface area (Å²) in [5, 5.41) is 35.7. The highest BCUT2D eigenvalue weighted by molar-refractivity contribution is 5.90. The van der Waals surface area contributed by atoms with Crippen molar-refractivity contribution in [1.29, 1.82) is 0 Å². The first kappa shape index (κ1) is 49.6. The molecule has 3 rings (SSSR count). The summed E-state index contributed by atoms with van der Waals surface area (Å²) in [6.45, 7) is 21.8. The smallest absolute Gasteiger partial charge is 0.408 e. The van der Waals surface area contributed by atoms with E-state index in [0.717, 1.165) is 5.56 Å². The van der Waals surface area contributed by atoms with Crippen LogP contribution >= 0.6 is 0 Å². The predicted molar refractivity (Wildman–Crippen MR) is 229 cm³/mol. The molecule has 1 unspecified atom stereocenters. The maximum absolute atomic E-state index is 14.0. The summed E-state index contributed by atoms with van der Waals surface area (Å²) >= 11 is 0. The van der Waals surface area contributed by atoms with E-state index < -0.39 is 53.1 Å². The Morgan fingerprint density at radius 3 is 2.15 bits per heavy atom. The highest BCUT2D eigenvalue weighted by Crippen LogP contribution is 2.38. The Kier molecular flexibility index (Phi) is 18.7. The number of alkyl carbamates (subject to hydrolysis) is 2. The summed E-state index contributed by atoms with van der Waals surface area (Å²) in [6, 6.07) is 7.93. The van der Waals surface area contributed by atoms with Gasteiger partial charge in [0.1, 0.15) is 24.0 Å². The molecule has 4 amide bonds. The van der Waals surface area contributed by atoms with Crippen LogP contribution in [0, 0.1) is 11.8 Å². The normalized spacial score (nSPS) is 20.8. The zero-order valence-electron chi connectivity index (χ0n) is 37.7. The molecule has 1 aromatic carbocycles. The number of carbonyl (C=O) groups excluding carboxylic acids is 4. The minimum atomic E-state index is -1.02. The number of ether oxygens (including phenoxy) is 2. The number of rotatable bonds is 19. The zero-order chi connectivity index (χ0) is 44.1. The van der Waals surface area contributed by atoms with E-state index in [9.17, 15) is 29.5 Å². The minimum Gasteiger partial charge on any atom is -0.446 e. The summed E-state index contributed by atoms with van der Waals surface area (Å²) in [5.74, 6) is -0.747. The number of amides is 4. The lowest BCUT2D eigenvalue weighted by Gasteiger charge is -2.50. The Morgan fingerprint density at radius 2 is 1.56 bits per heavy atom. The molecule has 59 heavy (non-hydrogen) atoms. The largest absolute Gasteiger partial charge is 0.446 e. The Labute approximate surface area is 353 Å². The van der Waals surface area contributed by atoms with Crippen LogP contribution in [-0.2, 0) is 25.5 Å². The average Bonchev–Trinajstić information content (AvgIpc) is 3.60. The maximum Gasteiger partial charge on any atom is 0.408 e. The quantitative estimate of drug-likeness (QED) is 0.0671. The third-order valence-electron chi connectivity index (χ3n) is 10.8. The Morgan fingerprint density at radius 1 is 0.915 bits per heavy atom. The number of benzene rings is 1. The summed E-state index contributed by atoms with van der Waals surface area (Å²) < 4.78 is 11.3. The molecule has 2 heterocycles. The van der Waals surface area contributed by atoms with Gasteiger partial charge >= 0.3 is 12.2 Å². The molecular formula is C45H76N6O8. The molecule has 0 radical (unpaired) electrons. The first-order valence-corrected chi connectivity index (χ1v) is 21.7. The lowest BCUT2D eigenvalue weighted by atomic mass is 9.80. The number of piperidine rings is 1. The molecule has 2 aliphatic heterocycles. The number of carbonyl (C=O) groups is 4. The van der Waals surface area contributed by atoms with Crippen molar-refractivity contribution in [1.82, 2.24) is 31.2 Å². The average molecular weight is 829 g/mol. The lowest BCUT2D eigenvalue weighted by Crippen LogP contribution is -2.60. The van der Waals surface area contributed by atoms with Gasteiger partial charge in [-0.2, -0.15) is 5.06 Å². The molecule has 2 saturated heterocycles. The summed E-state index contributed by atoms with van der Waals surface area (Å²) in [7, 11) is 0. The van der Waals surface area contributed by atoms with Crippen LogP contribution in [0.4, 0.5) is 9.59 Å². The Hall–Kier alpha value is -3.72. The van der Waals surface area contributed by atoms with E-state index in [1.54, 1.807) is 0 Å². The number of unbranched alkanes of at least 4 members (excludes halogenated alkanes) is 1. The van der Waals surface area contributed by atoms with Gasteiger partial charge in [-0.05, 0) is 119 Å². The number of likely N-dealkylation sites (tertiary alicyclic amines) is 1. The molecule has 2 fully saturated rings. The number of hydroxylamine groups is 2. The van der Waals surface area contributed by atoms with Gasteiger partial charge in [0.2, 0.25) is 11.8 Å². The number of hydrogen-bond acceptors (Lipinski definition) is 10. The van der Waals surface area contributed by atoms with E-state index in [4.69, 9.17) is 9.47 Å². The fourth-order valence-corrected chi connectivity index (χ4v) is 8.26. The van der Waals surface area contributed by atoms with Crippen molar-refractivity contribution in [2.45, 2.75) is 187 Å². The lowest BCUT2D eigenvalue weighted by molar-refractivity contribution is -0.256.